The number of unbranched alkanes of at least 4 members (excludes halogenated alkanes) is 12. The summed E-state index contributed by atoms with van der Waals surface area (Å²) >= 11 is 0. The fraction of sp³-hybridized carbons (Fsp3) is 0.905. The molecule has 0 spiro atoms. The third-order valence-electron chi connectivity index (χ3n) is 4.62. The van der Waals surface area contributed by atoms with Gasteiger partial charge in [0.25, 0.3) is 0 Å². The van der Waals surface area contributed by atoms with E-state index in [1.54, 1.807) is 0 Å². The SMILES string of the molecule is CCCCCCCCCC(=O)CCCCCCCCCC(=O)OC. The molecule has 142 valence electrons. The molecule has 0 radical (unpaired) electrons. The number of ether oxygens (including phenoxy) is 1. The highest BCUT2D eigenvalue weighted by Crippen LogP contribution is 2.12. The standard InChI is InChI=1S/C21H40O3/c1-3-4-5-6-8-11-14-17-20(22)18-15-12-9-7-10-13-16-19-21(23)24-2/h3-19H2,1-2H3. The smallest absolute Gasteiger partial charge is 0.305 e. The number of carbonyl (C=O) groups excluding carboxylic acids is 2. The van der Waals surface area contributed by atoms with Crippen LogP contribution in [0.25, 0.3) is 0 Å². The highest BCUT2D eigenvalue weighted by Gasteiger charge is 2.02. The molecule has 0 heterocycles. The molecule has 0 aliphatic heterocycles. The summed E-state index contributed by atoms with van der Waals surface area (Å²) in [5.74, 6) is 0.358. The predicted molar refractivity (Wildman–Crippen MR) is 101 cm³/mol. The van der Waals surface area contributed by atoms with E-state index >= 15 is 0 Å². The van der Waals surface area contributed by atoms with E-state index in [4.69, 9.17) is 0 Å². The van der Waals surface area contributed by atoms with Crippen molar-refractivity contribution in [2.45, 2.75) is 116 Å². The highest BCUT2D eigenvalue weighted by molar-refractivity contribution is 5.78. The molecule has 0 unspecified atom stereocenters. The van der Waals surface area contributed by atoms with Gasteiger partial charge in [-0.15, -0.1) is 0 Å². The molecule has 0 aromatic heterocycles. The Hall–Kier alpha value is -0.860. The highest BCUT2D eigenvalue weighted by atomic mass is 16.5. The van der Waals surface area contributed by atoms with Crippen molar-refractivity contribution in [1.29, 1.82) is 0 Å². The zero-order chi connectivity index (χ0) is 17.9. The predicted octanol–water partition coefficient (Wildman–Crippen LogP) is 6.38. The molecule has 0 atom stereocenters. The van der Waals surface area contributed by atoms with Crippen molar-refractivity contribution in [3.63, 3.8) is 0 Å². The summed E-state index contributed by atoms with van der Waals surface area (Å²) in [6.45, 7) is 2.24. The fourth-order valence-electron chi connectivity index (χ4n) is 2.98. The molecule has 0 saturated carbocycles. The number of hydrogen-bond donors (Lipinski definition) is 0. The van der Waals surface area contributed by atoms with Crippen molar-refractivity contribution in [2.75, 3.05) is 7.11 Å². The Morgan fingerprint density at radius 1 is 0.583 bits per heavy atom. The lowest BCUT2D eigenvalue weighted by atomic mass is 10.0. The van der Waals surface area contributed by atoms with E-state index in [9.17, 15) is 9.59 Å². The number of hydrogen-bond acceptors (Lipinski definition) is 3. The van der Waals surface area contributed by atoms with Crippen LogP contribution in [-0.4, -0.2) is 18.9 Å². The van der Waals surface area contributed by atoms with Crippen LogP contribution in [0.5, 0.6) is 0 Å². The van der Waals surface area contributed by atoms with Crippen LogP contribution in [0.15, 0.2) is 0 Å². The third-order valence-corrected chi connectivity index (χ3v) is 4.62. The first-order valence-electron chi connectivity index (χ1n) is 10.3. The van der Waals surface area contributed by atoms with Gasteiger partial charge in [-0.2, -0.15) is 0 Å². The molecule has 0 aliphatic rings. The molecule has 0 aliphatic carbocycles. The van der Waals surface area contributed by atoms with Crippen molar-refractivity contribution in [3.05, 3.63) is 0 Å². The van der Waals surface area contributed by atoms with E-state index < -0.39 is 0 Å². The van der Waals surface area contributed by atoms with Gasteiger partial charge in [-0.05, 0) is 19.3 Å². The average Bonchev–Trinajstić information content (AvgIpc) is 2.59. The Balaban J connectivity index is 3.19. The number of carbonyl (C=O) groups is 2. The van der Waals surface area contributed by atoms with Crippen molar-refractivity contribution < 1.29 is 14.3 Å². The summed E-state index contributed by atoms with van der Waals surface area (Å²) in [6.07, 6.45) is 18.9. The lowest BCUT2D eigenvalue weighted by Crippen LogP contribution is -1.99. The number of Topliss-reactive ketones (excluding diaryl/α,β-unsaturated/α-hetero) is 1. The van der Waals surface area contributed by atoms with E-state index in [1.807, 2.05) is 0 Å². The van der Waals surface area contributed by atoms with Crippen molar-refractivity contribution in [2.24, 2.45) is 0 Å². The monoisotopic (exact) mass is 340 g/mol. The summed E-state index contributed by atoms with van der Waals surface area (Å²) in [5.41, 5.74) is 0. The Kier molecular flexibility index (Phi) is 17.8. The molecule has 0 amide bonds. The first-order chi connectivity index (χ1) is 11.7. The molecule has 0 saturated heterocycles. The van der Waals surface area contributed by atoms with Crippen LogP contribution < -0.4 is 0 Å². The lowest BCUT2D eigenvalue weighted by molar-refractivity contribution is -0.140. The minimum atomic E-state index is -0.102. The maximum atomic E-state index is 11.8. The van der Waals surface area contributed by atoms with Crippen LogP contribution in [0, 0.1) is 0 Å². The van der Waals surface area contributed by atoms with Crippen LogP contribution in [-0.2, 0) is 14.3 Å². The van der Waals surface area contributed by atoms with Gasteiger partial charge in [0.1, 0.15) is 5.78 Å². The van der Waals surface area contributed by atoms with E-state index in [1.165, 1.54) is 71.3 Å². The second kappa shape index (κ2) is 18.5. The minimum Gasteiger partial charge on any atom is -0.469 e. The summed E-state index contributed by atoms with van der Waals surface area (Å²) in [7, 11) is 1.44. The number of esters is 1. The van der Waals surface area contributed by atoms with Gasteiger partial charge in [-0.3, -0.25) is 9.59 Å². The molecule has 0 fully saturated rings. The van der Waals surface area contributed by atoms with Gasteiger partial charge in [0.2, 0.25) is 0 Å². The van der Waals surface area contributed by atoms with Gasteiger partial charge in [-0.1, -0.05) is 77.6 Å². The lowest BCUT2D eigenvalue weighted by Gasteiger charge is -2.03. The first kappa shape index (κ1) is 23.1. The van der Waals surface area contributed by atoms with Crippen molar-refractivity contribution >= 4 is 11.8 Å². The largest absolute Gasteiger partial charge is 0.469 e. The molecule has 0 aromatic rings. The zero-order valence-electron chi connectivity index (χ0n) is 16.2. The molecular weight excluding hydrogens is 300 g/mol. The Bertz CT molecular complexity index is 299. The molecule has 0 bridgehead atoms. The molecule has 3 nitrogen and oxygen atoms in total. The Labute approximate surface area is 149 Å². The Morgan fingerprint density at radius 2 is 0.958 bits per heavy atom. The van der Waals surface area contributed by atoms with Crippen LogP contribution in [0.4, 0.5) is 0 Å². The number of ketones is 1. The minimum absolute atomic E-state index is 0.102. The first-order valence-corrected chi connectivity index (χ1v) is 10.3. The zero-order valence-corrected chi connectivity index (χ0v) is 16.2. The van der Waals surface area contributed by atoms with Crippen LogP contribution in [0.2, 0.25) is 0 Å². The Morgan fingerprint density at radius 3 is 1.38 bits per heavy atom. The molecule has 3 heteroatoms. The van der Waals surface area contributed by atoms with Crippen molar-refractivity contribution in [3.8, 4) is 0 Å². The maximum absolute atomic E-state index is 11.8. The third kappa shape index (κ3) is 17.5. The number of rotatable bonds is 18. The van der Waals surface area contributed by atoms with Gasteiger partial charge in [-0.25, -0.2) is 0 Å². The van der Waals surface area contributed by atoms with E-state index in [2.05, 4.69) is 11.7 Å². The molecule has 24 heavy (non-hydrogen) atoms. The van der Waals surface area contributed by atoms with Crippen LogP contribution >= 0.6 is 0 Å². The summed E-state index contributed by atoms with van der Waals surface area (Å²) < 4.78 is 4.62. The normalized spacial score (nSPS) is 10.8. The van der Waals surface area contributed by atoms with E-state index in [0.29, 0.717) is 12.2 Å². The van der Waals surface area contributed by atoms with Gasteiger partial charge in [0.05, 0.1) is 7.11 Å². The molecule has 0 aromatic carbocycles. The molecule has 0 N–H and O–H groups in total. The van der Waals surface area contributed by atoms with Crippen LogP contribution in [0.3, 0.4) is 0 Å². The quantitative estimate of drug-likeness (QED) is 0.215. The molecular formula is C21H40O3. The average molecular weight is 341 g/mol. The molecule has 0 rings (SSSR count). The second-order valence-corrected chi connectivity index (χ2v) is 6.96. The topological polar surface area (TPSA) is 43.4 Å². The van der Waals surface area contributed by atoms with Gasteiger partial charge < -0.3 is 4.74 Å². The van der Waals surface area contributed by atoms with Gasteiger partial charge >= 0.3 is 5.97 Å². The fourth-order valence-corrected chi connectivity index (χ4v) is 2.98. The summed E-state index contributed by atoms with van der Waals surface area (Å²) in [4.78, 5) is 22.7. The number of methoxy groups -OCH3 is 1. The van der Waals surface area contributed by atoms with Gasteiger partial charge in [0.15, 0.2) is 0 Å². The summed E-state index contributed by atoms with van der Waals surface area (Å²) in [5, 5.41) is 0. The second-order valence-electron chi connectivity index (χ2n) is 6.96. The van der Waals surface area contributed by atoms with Crippen LogP contribution in [0.1, 0.15) is 116 Å². The summed E-state index contributed by atoms with van der Waals surface area (Å²) in [6, 6.07) is 0. The van der Waals surface area contributed by atoms with E-state index in [0.717, 1.165) is 38.5 Å². The maximum Gasteiger partial charge on any atom is 0.305 e. The van der Waals surface area contributed by atoms with Gasteiger partial charge in [0, 0.05) is 19.3 Å². The van der Waals surface area contributed by atoms with Crippen molar-refractivity contribution in [1.82, 2.24) is 0 Å². The van der Waals surface area contributed by atoms with E-state index in [-0.39, 0.29) is 5.97 Å².